The Labute approximate surface area is 347 Å². The molecule has 0 radical (unpaired) electrons. The summed E-state index contributed by atoms with van der Waals surface area (Å²) in [5.74, 6) is 0. The van der Waals surface area contributed by atoms with Crippen molar-refractivity contribution in [3.8, 4) is 11.4 Å². The number of fused-ring (bicyclic) bond motifs is 18. The van der Waals surface area contributed by atoms with Gasteiger partial charge in [-0.2, -0.15) is 0 Å². The minimum absolute atomic E-state index is 1.18. The molecule has 2 nitrogen and oxygen atoms in total. The van der Waals surface area contributed by atoms with E-state index in [0.29, 0.717) is 0 Å². The second-order valence-corrected chi connectivity index (χ2v) is 17.2. The average Bonchev–Trinajstić information content (AvgIpc) is 3.76. The molecule has 0 aliphatic rings. The summed E-state index contributed by atoms with van der Waals surface area (Å²) in [6.07, 6.45) is 0. The van der Waals surface area contributed by atoms with Gasteiger partial charge in [0.2, 0.25) is 0 Å². The van der Waals surface area contributed by atoms with Gasteiger partial charge in [-0.15, -0.1) is 0 Å². The Balaban J connectivity index is 1.09. The monoisotopic (exact) mass is 764 g/mol. The lowest BCUT2D eigenvalue weighted by atomic mass is 9.88. The van der Waals surface area contributed by atoms with Crippen LogP contribution in [0.25, 0.3) is 120 Å². The standard InChI is InChI=1S/C58H40N2/c1-33-13-21-55-51(25-33)52-26-34(2)14-22-56(52)59(55)37-17-19-43-45(29-37)39-9-5-7-11-41(39)47-32-50-44-20-18-38(30-46(44)40-10-6-8-12-42(40)48(50)31-49(43)47)60-57-23-15-35(3)27-53(57)54-28-36(4)16-24-58(54)60/h5-32H,1-4H3. The van der Waals surface area contributed by atoms with Crippen molar-refractivity contribution in [2.24, 2.45) is 0 Å². The summed E-state index contributed by atoms with van der Waals surface area (Å²) in [5, 5.41) is 20.6. The van der Waals surface area contributed by atoms with E-state index in [0.717, 1.165) is 0 Å². The van der Waals surface area contributed by atoms with Gasteiger partial charge in [-0.1, -0.05) is 107 Å². The first-order chi connectivity index (χ1) is 29.4. The van der Waals surface area contributed by atoms with Crippen LogP contribution in [-0.4, -0.2) is 9.13 Å². The maximum absolute atomic E-state index is 2.48. The fraction of sp³-hybridized carbons (Fsp3) is 0.0690. The highest BCUT2D eigenvalue weighted by molar-refractivity contribution is 6.33. The molecule has 0 atom stereocenters. The summed E-state index contributed by atoms with van der Waals surface area (Å²) in [5.41, 5.74) is 12.4. The van der Waals surface area contributed by atoms with Crippen molar-refractivity contribution >= 4 is 108 Å². The Bertz CT molecular complexity index is 3660. The minimum Gasteiger partial charge on any atom is -0.309 e. The summed E-state index contributed by atoms with van der Waals surface area (Å²) in [4.78, 5) is 0. The summed E-state index contributed by atoms with van der Waals surface area (Å²) < 4.78 is 4.91. The van der Waals surface area contributed by atoms with E-state index in [1.54, 1.807) is 0 Å². The largest absolute Gasteiger partial charge is 0.309 e. The van der Waals surface area contributed by atoms with E-state index in [-0.39, 0.29) is 0 Å². The summed E-state index contributed by atoms with van der Waals surface area (Å²) in [6, 6.07) is 64.7. The first-order valence-corrected chi connectivity index (χ1v) is 21.1. The lowest BCUT2D eigenvalue weighted by Crippen LogP contribution is -1.95. The number of aromatic nitrogens is 2. The van der Waals surface area contributed by atoms with E-state index < -0.39 is 0 Å². The molecular weight excluding hydrogens is 725 g/mol. The fourth-order valence-corrected chi connectivity index (χ4v) is 10.7. The molecule has 0 bridgehead atoms. The molecule has 0 aliphatic heterocycles. The number of hydrogen-bond acceptors (Lipinski definition) is 0. The van der Waals surface area contributed by atoms with Gasteiger partial charge >= 0.3 is 0 Å². The molecule has 0 fully saturated rings. The zero-order valence-electron chi connectivity index (χ0n) is 34.1. The van der Waals surface area contributed by atoms with Crippen molar-refractivity contribution in [1.82, 2.24) is 9.13 Å². The molecule has 2 aromatic heterocycles. The molecule has 0 amide bonds. The maximum Gasteiger partial charge on any atom is 0.0541 e. The van der Waals surface area contributed by atoms with Gasteiger partial charge in [0.25, 0.3) is 0 Å². The van der Waals surface area contributed by atoms with Gasteiger partial charge in [-0.25, -0.2) is 0 Å². The third kappa shape index (κ3) is 4.59. The topological polar surface area (TPSA) is 9.86 Å². The number of hydrogen-bond donors (Lipinski definition) is 0. The van der Waals surface area contributed by atoms with Crippen LogP contribution in [0.1, 0.15) is 22.3 Å². The summed E-state index contributed by atoms with van der Waals surface area (Å²) in [6.45, 7) is 8.75. The molecule has 0 N–H and O–H groups in total. The van der Waals surface area contributed by atoms with Gasteiger partial charge in [-0.3, -0.25) is 0 Å². The van der Waals surface area contributed by atoms with Crippen molar-refractivity contribution in [3.63, 3.8) is 0 Å². The van der Waals surface area contributed by atoms with Crippen LogP contribution in [0.3, 0.4) is 0 Å². The Hall–Kier alpha value is -7.42. The molecule has 2 heteroatoms. The second-order valence-electron chi connectivity index (χ2n) is 17.2. The Morgan fingerprint density at radius 2 is 0.483 bits per heavy atom. The van der Waals surface area contributed by atoms with E-state index in [1.165, 1.54) is 142 Å². The first-order valence-electron chi connectivity index (χ1n) is 21.1. The van der Waals surface area contributed by atoms with Crippen LogP contribution in [0.4, 0.5) is 0 Å². The zero-order chi connectivity index (χ0) is 40.0. The molecular formula is C58H40N2. The number of benzene rings is 11. The van der Waals surface area contributed by atoms with Crippen molar-refractivity contribution in [2.75, 3.05) is 0 Å². The van der Waals surface area contributed by atoms with Crippen LogP contribution in [0.5, 0.6) is 0 Å². The smallest absolute Gasteiger partial charge is 0.0541 e. The van der Waals surface area contributed by atoms with Gasteiger partial charge < -0.3 is 9.13 Å². The number of nitrogens with zero attached hydrogens (tertiary/aromatic N) is 2. The van der Waals surface area contributed by atoms with E-state index >= 15 is 0 Å². The van der Waals surface area contributed by atoms with Gasteiger partial charge in [-0.05, 0) is 177 Å². The predicted molar refractivity (Wildman–Crippen MR) is 259 cm³/mol. The second kappa shape index (κ2) is 12.1. The number of aryl methyl sites for hydroxylation is 4. The van der Waals surface area contributed by atoms with E-state index in [4.69, 9.17) is 0 Å². The maximum atomic E-state index is 2.48. The van der Waals surface area contributed by atoms with Crippen LogP contribution in [0.15, 0.2) is 170 Å². The molecule has 13 rings (SSSR count). The van der Waals surface area contributed by atoms with Gasteiger partial charge in [0, 0.05) is 32.9 Å². The predicted octanol–water partition coefficient (Wildman–Crippen LogP) is 16.0. The Kier molecular flexibility index (Phi) is 6.74. The molecule has 0 saturated heterocycles. The van der Waals surface area contributed by atoms with Gasteiger partial charge in [0.15, 0.2) is 0 Å². The third-order valence-corrected chi connectivity index (χ3v) is 13.4. The van der Waals surface area contributed by atoms with Crippen molar-refractivity contribution < 1.29 is 0 Å². The zero-order valence-corrected chi connectivity index (χ0v) is 34.1. The van der Waals surface area contributed by atoms with Crippen LogP contribution < -0.4 is 0 Å². The molecule has 0 spiro atoms. The van der Waals surface area contributed by atoms with E-state index in [9.17, 15) is 0 Å². The first kappa shape index (κ1) is 33.5. The molecule has 282 valence electrons. The fourth-order valence-electron chi connectivity index (χ4n) is 10.7. The van der Waals surface area contributed by atoms with Crippen LogP contribution >= 0.6 is 0 Å². The normalized spacial score (nSPS) is 12.3. The SMILES string of the molecule is Cc1ccc2c(c1)c1cc(C)ccc1n2-c1ccc2c(c1)c1ccccc1c1cc3c4ccc(-n5c6ccc(C)cc6c6cc(C)ccc65)cc4c4ccccc4c3cc21. The average molecular weight is 765 g/mol. The highest BCUT2D eigenvalue weighted by Crippen LogP contribution is 2.44. The molecule has 13 aromatic rings. The Morgan fingerprint density at radius 3 is 0.783 bits per heavy atom. The number of rotatable bonds is 2. The molecule has 60 heavy (non-hydrogen) atoms. The van der Waals surface area contributed by atoms with Crippen LogP contribution in [-0.2, 0) is 0 Å². The molecule has 0 aliphatic carbocycles. The minimum atomic E-state index is 1.18. The van der Waals surface area contributed by atoms with Crippen LogP contribution in [0, 0.1) is 27.7 Å². The molecule has 2 heterocycles. The lowest BCUT2D eigenvalue weighted by Gasteiger charge is -2.17. The van der Waals surface area contributed by atoms with Crippen molar-refractivity contribution in [3.05, 3.63) is 192 Å². The molecule has 0 unspecified atom stereocenters. The van der Waals surface area contributed by atoms with Gasteiger partial charge in [0.1, 0.15) is 0 Å². The lowest BCUT2D eigenvalue weighted by molar-refractivity contribution is 1.18. The van der Waals surface area contributed by atoms with Gasteiger partial charge in [0.05, 0.1) is 22.1 Å². The Morgan fingerprint density at radius 1 is 0.217 bits per heavy atom. The van der Waals surface area contributed by atoms with E-state index in [2.05, 4.69) is 207 Å². The summed E-state index contributed by atoms with van der Waals surface area (Å²) >= 11 is 0. The van der Waals surface area contributed by atoms with Crippen molar-refractivity contribution in [2.45, 2.75) is 27.7 Å². The highest BCUT2D eigenvalue weighted by atomic mass is 15.0. The molecule has 11 aromatic carbocycles. The van der Waals surface area contributed by atoms with Crippen molar-refractivity contribution in [1.29, 1.82) is 0 Å². The van der Waals surface area contributed by atoms with E-state index in [1.807, 2.05) is 0 Å². The highest BCUT2D eigenvalue weighted by Gasteiger charge is 2.19. The quantitative estimate of drug-likeness (QED) is 0.123. The summed E-state index contributed by atoms with van der Waals surface area (Å²) in [7, 11) is 0. The van der Waals surface area contributed by atoms with Crippen LogP contribution in [0.2, 0.25) is 0 Å². The molecule has 0 saturated carbocycles. The third-order valence-electron chi connectivity index (χ3n) is 13.4.